The van der Waals surface area contributed by atoms with Crippen LogP contribution in [0.5, 0.6) is 0 Å². The maximum absolute atomic E-state index is 13.1. The van der Waals surface area contributed by atoms with Crippen molar-refractivity contribution in [3.63, 3.8) is 0 Å². The van der Waals surface area contributed by atoms with Gasteiger partial charge in [-0.3, -0.25) is 9.59 Å². The summed E-state index contributed by atoms with van der Waals surface area (Å²) < 4.78 is 5.66. The largest absolute Gasteiger partial charge is 0.368 e. The minimum absolute atomic E-state index is 0.0379. The van der Waals surface area contributed by atoms with Crippen molar-refractivity contribution in [2.45, 2.75) is 69.6 Å². The number of H-pyrrole nitrogens is 2. The maximum Gasteiger partial charge on any atom is 0.252 e. The zero-order chi connectivity index (χ0) is 28.2. The Labute approximate surface area is 244 Å². The third-order valence-corrected chi connectivity index (χ3v) is 9.19. The predicted octanol–water partition coefficient (Wildman–Crippen LogP) is 4.76. The number of nitrogens with zero attached hydrogens (tertiary/aromatic N) is 4. The number of ether oxygens (including phenoxy) is 1. The molecule has 3 atom stereocenters. The van der Waals surface area contributed by atoms with E-state index < -0.39 is 0 Å². The van der Waals surface area contributed by atoms with Crippen molar-refractivity contribution in [2.75, 3.05) is 19.7 Å². The number of hydrogen-bond acceptors (Lipinski definition) is 5. The minimum atomic E-state index is -0.307. The van der Waals surface area contributed by atoms with Gasteiger partial charge in [-0.25, -0.2) is 9.97 Å². The topological polar surface area (TPSA) is 107 Å². The van der Waals surface area contributed by atoms with E-state index >= 15 is 0 Å². The van der Waals surface area contributed by atoms with Gasteiger partial charge in [-0.1, -0.05) is 11.8 Å². The van der Waals surface area contributed by atoms with Crippen molar-refractivity contribution in [3.8, 4) is 11.8 Å². The molecule has 42 heavy (non-hydrogen) atoms. The lowest BCUT2D eigenvalue weighted by Gasteiger charge is -2.25. The quantitative estimate of drug-likeness (QED) is 0.349. The summed E-state index contributed by atoms with van der Waals surface area (Å²) in [5.74, 6) is 8.90. The minimum Gasteiger partial charge on any atom is -0.368 e. The van der Waals surface area contributed by atoms with E-state index in [1.54, 1.807) is 0 Å². The van der Waals surface area contributed by atoms with Crippen molar-refractivity contribution in [3.05, 3.63) is 59.2 Å². The Bertz CT molecular complexity index is 1750. The van der Waals surface area contributed by atoms with E-state index in [4.69, 9.17) is 14.7 Å². The molecule has 0 radical (unpaired) electrons. The van der Waals surface area contributed by atoms with Gasteiger partial charge < -0.3 is 24.5 Å². The number of carbonyl (C=O) groups is 2. The van der Waals surface area contributed by atoms with Crippen molar-refractivity contribution >= 4 is 33.9 Å². The lowest BCUT2D eigenvalue weighted by Crippen LogP contribution is -2.38. The Morgan fingerprint density at radius 2 is 1.40 bits per heavy atom. The van der Waals surface area contributed by atoms with Crippen LogP contribution in [0.25, 0.3) is 22.1 Å². The Balaban J connectivity index is 1.01. The van der Waals surface area contributed by atoms with Crippen LogP contribution in [-0.2, 0) is 14.3 Å². The molecule has 2 amide bonds. The molecule has 2 N–H and O–H groups in total. The van der Waals surface area contributed by atoms with Gasteiger partial charge in [-0.05, 0) is 87.8 Å². The highest BCUT2D eigenvalue weighted by Crippen LogP contribution is 2.38. The summed E-state index contributed by atoms with van der Waals surface area (Å²) in [4.78, 5) is 46.4. The normalized spacial score (nSPS) is 24.0. The molecule has 3 aliphatic heterocycles. The molecule has 4 fully saturated rings. The lowest BCUT2D eigenvalue weighted by molar-refractivity contribution is -0.142. The number of carbonyl (C=O) groups excluding carboxylic acids is 2. The number of aromatic amines is 2. The predicted molar refractivity (Wildman–Crippen MR) is 157 cm³/mol. The van der Waals surface area contributed by atoms with E-state index in [-0.39, 0.29) is 30.0 Å². The van der Waals surface area contributed by atoms with Crippen LogP contribution < -0.4 is 0 Å². The van der Waals surface area contributed by atoms with Gasteiger partial charge >= 0.3 is 0 Å². The van der Waals surface area contributed by atoms with Crippen LogP contribution in [0.4, 0.5) is 0 Å². The van der Waals surface area contributed by atoms with Gasteiger partial charge in [0.2, 0.25) is 5.91 Å². The lowest BCUT2D eigenvalue weighted by atomic mass is 10.1. The van der Waals surface area contributed by atoms with Gasteiger partial charge in [-0.2, -0.15) is 0 Å². The van der Waals surface area contributed by atoms with Crippen LogP contribution in [0.3, 0.4) is 0 Å². The highest BCUT2D eigenvalue weighted by Gasteiger charge is 2.40. The summed E-state index contributed by atoms with van der Waals surface area (Å²) in [6, 6.07) is 12.0. The smallest absolute Gasteiger partial charge is 0.252 e. The first-order valence-corrected chi connectivity index (χ1v) is 15.3. The first-order chi connectivity index (χ1) is 20.6. The average Bonchev–Trinajstić information content (AvgIpc) is 3.59. The van der Waals surface area contributed by atoms with Gasteiger partial charge in [0, 0.05) is 36.7 Å². The second kappa shape index (κ2) is 10.3. The number of nitrogens with one attached hydrogen (secondary N) is 2. The summed E-state index contributed by atoms with van der Waals surface area (Å²) in [6.07, 6.45) is 7.33. The second-order valence-corrected chi connectivity index (χ2v) is 12.1. The summed E-state index contributed by atoms with van der Waals surface area (Å²) in [7, 11) is 0. The molecule has 0 spiro atoms. The zero-order valence-corrected chi connectivity index (χ0v) is 23.6. The van der Waals surface area contributed by atoms with E-state index in [1.807, 2.05) is 46.2 Å². The number of benzene rings is 2. The average molecular weight is 563 g/mol. The van der Waals surface area contributed by atoms with Crippen LogP contribution in [0.1, 0.15) is 86.2 Å². The summed E-state index contributed by atoms with van der Waals surface area (Å²) >= 11 is 0. The Kier molecular flexibility index (Phi) is 6.25. The van der Waals surface area contributed by atoms with Crippen molar-refractivity contribution in [2.24, 2.45) is 5.92 Å². The number of fused-ring (bicyclic) bond motifs is 2. The van der Waals surface area contributed by atoms with Gasteiger partial charge in [0.05, 0.1) is 34.2 Å². The standard InChI is InChI=1S/C33H34N6O3/c40-32(22-11-12-22)38-15-1-4-27(38)30-34-23-13-9-20(18-25(23)36-30)7-8-21-10-14-24-26(19-21)37-31(35-24)28-5-2-16-39(28)33(41)29-6-3-17-42-29/h9-10,13-14,18-19,22,27-29H,1-6,11-12,15-17H2,(H,34,36)(H,35,37)/t27-,28-,29+/m0/s1. The zero-order valence-electron chi connectivity index (χ0n) is 23.6. The summed E-state index contributed by atoms with van der Waals surface area (Å²) in [6.45, 7) is 2.24. The van der Waals surface area contributed by atoms with Gasteiger partial charge in [-0.15, -0.1) is 0 Å². The number of aromatic nitrogens is 4. The third kappa shape index (κ3) is 4.64. The fourth-order valence-electron chi connectivity index (χ4n) is 6.82. The van der Waals surface area contributed by atoms with Crippen LogP contribution in [0.2, 0.25) is 0 Å². The molecule has 3 saturated heterocycles. The van der Waals surface area contributed by atoms with Gasteiger partial charge in [0.1, 0.15) is 17.8 Å². The van der Waals surface area contributed by atoms with Crippen molar-refractivity contribution in [1.29, 1.82) is 0 Å². The van der Waals surface area contributed by atoms with E-state index in [2.05, 4.69) is 21.8 Å². The second-order valence-electron chi connectivity index (χ2n) is 12.1. The molecule has 2 aromatic carbocycles. The molecule has 4 aliphatic rings. The fourth-order valence-corrected chi connectivity index (χ4v) is 6.82. The highest BCUT2D eigenvalue weighted by molar-refractivity contribution is 5.83. The Morgan fingerprint density at radius 3 is 2.12 bits per heavy atom. The van der Waals surface area contributed by atoms with E-state index in [1.165, 1.54) is 0 Å². The van der Waals surface area contributed by atoms with E-state index in [0.717, 1.165) is 109 Å². The first-order valence-electron chi connectivity index (χ1n) is 15.3. The van der Waals surface area contributed by atoms with E-state index in [0.29, 0.717) is 12.5 Å². The number of hydrogen-bond donors (Lipinski definition) is 2. The number of amides is 2. The van der Waals surface area contributed by atoms with Crippen LogP contribution in [-0.4, -0.2) is 67.4 Å². The van der Waals surface area contributed by atoms with Gasteiger partial charge in [0.25, 0.3) is 5.91 Å². The Hall–Kier alpha value is -4.16. The fraction of sp³-hybridized carbons (Fsp3) is 0.455. The molecule has 1 saturated carbocycles. The van der Waals surface area contributed by atoms with Crippen LogP contribution in [0, 0.1) is 17.8 Å². The molecule has 9 heteroatoms. The van der Waals surface area contributed by atoms with Crippen molar-refractivity contribution < 1.29 is 14.3 Å². The molecule has 8 rings (SSSR count). The molecular formula is C33H34N6O3. The molecule has 4 aromatic rings. The number of likely N-dealkylation sites (tertiary alicyclic amines) is 2. The molecule has 5 heterocycles. The van der Waals surface area contributed by atoms with Crippen LogP contribution in [0.15, 0.2) is 36.4 Å². The molecule has 0 unspecified atom stereocenters. The number of rotatable bonds is 4. The summed E-state index contributed by atoms with van der Waals surface area (Å²) in [5.41, 5.74) is 5.40. The third-order valence-electron chi connectivity index (χ3n) is 9.19. The molecular weight excluding hydrogens is 528 g/mol. The van der Waals surface area contributed by atoms with Gasteiger partial charge in [0.15, 0.2) is 0 Å². The molecule has 214 valence electrons. The highest BCUT2D eigenvalue weighted by atomic mass is 16.5. The van der Waals surface area contributed by atoms with E-state index in [9.17, 15) is 9.59 Å². The Morgan fingerprint density at radius 1 is 0.738 bits per heavy atom. The number of imidazole rings is 2. The maximum atomic E-state index is 13.1. The monoisotopic (exact) mass is 562 g/mol. The SMILES string of the molecule is O=C(C1CC1)N1CCC[C@H]1c1nc2ccc(C#Cc3ccc4[nH]c([C@@H]5CCCN5C(=O)[C@H]5CCCO5)nc4c3)cc2[nH]1. The summed E-state index contributed by atoms with van der Waals surface area (Å²) in [5, 5.41) is 0. The molecule has 0 bridgehead atoms. The molecule has 1 aliphatic carbocycles. The van der Waals surface area contributed by atoms with Crippen LogP contribution >= 0.6 is 0 Å². The van der Waals surface area contributed by atoms with Crippen molar-refractivity contribution in [1.82, 2.24) is 29.7 Å². The molecule has 9 nitrogen and oxygen atoms in total. The molecule has 2 aromatic heterocycles. The first kappa shape index (κ1) is 25.5.